The van der Waals surface area contributed by atoms with Crippen LogP contribution < -0.4 is 15.4 Å². The maximum Gasteiger partial charge on any atom is 0.191 e. The fourth-order valence-corrected chi connectivity index (χ4v) is 3.47. The Hall–Kier alpha value is -2.05. The first-order valence-corrected chi connectivity index (χ1v) is 10.1. The second-order valence-corrected chi connectivity index (χ2v) is 8.36. The van der Waals surface area contributed by atoms with E-state index in [4.69, 9.17) is 9.73 Å². The Kier molecular flexibility index (Phi) is 7.27. The molecule has 0 bridgehead atoms. The molecule has 1 heterocycles. The van der Waals surface area contributed by atoms with Gasteiger partial charge in [-0.2, -0.15) is 0 Å². The minimum atomic E-state index is -0.935. The zero-order valence-corrected chi connectivity index (χ0v) is 17.7. The van der Waals surface area contributed by atoms with Gasteiger partial charge >= 0.3 is 0 Å². The molecular formula is C21H31N3O2S. The van der Waals surface area contributed by atoms with Crippen LogP contribution in [0.1, 0.15) is 38.1 Å². The van der Waals surface area contributed by atoms with Gasteiger partial charge in [-0.15, -0.1) is 11.3 Å². The van der Waals surface area contributed by atoms with E-state index in [1.54, 1.807) is 18.4 Å². The Morgan fingerprint density at radius 2 is 1.85 bits per heavy atom. The van der Waals surface area contributed by atoms with Crippen LogP contribution in [0.3, 0.4) is 0 Å². The van der Waals surface area contributed by atoms with Crippen LogP contribution in [0, 0.1) is 0 Å². The van der Waals surface area contributed by atoms with Gasteiger partial charge in [-0.1, -0.05) is 32.0 Å². The van der Waals surface area contributed by atoms with Gasteiger partial charge in [0.2, 0.25) is 0 Å². The van der Waals surface area contributed by atoms with E-state index in [-0.39, 0.29) is 5.41 Å². The van der Waals surface area contributed by atoms with Crippen molar-refractivity contribution in [1.82, 2.24) is 10.6 Å². The van der Waals surface area contributed by atoms with Crippen molar-refractivity contribution in [1.29, 1.82) is 0 Å². The van der Waals surface area contributed by atoms with Crippen molar-refractivity contribution in [2.45, 2.75) is 38.7 Å². The van der Waals surface area contributed by atoms with Gasteiger partial charge in [-0.05, 0) is 43.0 Å². The number of guanidine groups is 1. The fraction of sp³-hybridized carbons (Fsp3) is 0.476. The van der Waals surface area contributed by atoms with Gasteiger partial charge in [0.15, 0.2) is 5.96 Å². The zero-order valence-electron chi connectivity index (χ0n) is 16.9. The molecule has 2 rings (SSSR count). The molecule has 1 aromatic heterocycles. The molecule has 27 heavy (non-hydrogen) atoms. The molecule has 2 aromatic rings. The van der Waals surface area contributed by atoms with E-state index >= 15 is 0 Å². The molecule has 1 atom stereocenters. The highest BCUT2D eigenvalue weighted by molar-refractivity contribution is 7.10. The largest absolute Gasteiger partial charge is 0.497 e. The van der Waals surface area contributed by atoms with Crippen LogP contribution in [-0.4, -0.2) is 37.8 Å². The molecular weight excluding hydrogens is 358 g/mol. The van der Waals surface area contributed by atoms with E-state index in [9.17, 15) is 5.11 Å². The van der Waals surface area contributed by atoms with E-state index in [0.29, 0.717) is 19.0 Å². The minimum Gasteiger partial charge on any atom is -0.497 e. The van der Waals surface area contributed by atoms with E-state index < -0.39 is 5.60 Å². The van der Waals surface area contributed by atoms with Gasteiger partial charge in [-0.3, -0.25) is 4.99 Å². The minimum absolute atomic E-state index is 0.120. The lowest BCUT2D eigenvalue weighted by Gasteiger charge is -2.26. The van der Waals surface area contributed by atoms with Gasteiger partial charge in [0.1, 0.15) is 11.4 Å². The maximum absolute atomic E-state index is 10.7. The third kappa shape index (κ3) is 5.97. The molecule has 0 saturated heterocycles. The van der Waals surface area contributed by atoms with Gasteiger partial charge in [0.05, 0.1) is 20.2 Å². The predicted molar refractivity (Wildman–Crippen MR) is 114 cm³/mol. The Labute approximate surface area is 166 Å². The third-order valence-electron chi connectivity index (χ3n) is 4.50. The molecule has 0 saturated carbocycles. The lowest BCUT2D eigenvalue weighted by Crippen LogP contribution is -2.44. The summed E-state index contributed by atoms with van der Waals surface area (Å²) in [5.41, 5.74) is 0.147. The van der Waals surface area contributed by atoms with Crippen LogP contribution in [0.2, 0.25) is 0 Å². The lowest BCUT2D eigenvalue weighted by atomic mass is 9.85. The molecule has 0 fully saturated rings. The Morgan fingerprint density at radius 3 is 2.41 bits per heavy atom. The summed E-state index contributed by atoms with van der Waals surface area (Å²) < 4.78 is 5.24. The van der Waals surface area contributed by atoms with E-state index in [1.807, 2.05) is 43.5 Å². The lowest BCUT2D eigenvalue weighted by molar-refractivity contribution is 0.0655. The normalized spacial score (nSPS) is 14.5. The highest BCUT2D eigenvalue weighted by Crippen LogP contribution is 2.26. The van der Waals surface area contributed by atoms with Crippen LogP contribution in [0.5, 0.6) is 5.75 Å². The standard InChI is InChI=1S/C21H31N3O2S/c1-6-22-19(24-15-21(4,25)18-8-7-13-27-18)23-14-20(2,3)16-9-11-17(26-5)12-10-16/h7-13,25H,6,14-15H2,1-5H3,(H2,22,23,24). The smallest absolute Gasteiger partial charge is 0.191 e. The molecule has 5 nitrogen and oxygen atoms in total. The quantitative estimate of drug-likeness (QED) is 0.478. The van der Waals surface area contributed by atoms with Gasteiger partial charge in [0, 0.05) is 16.8 Å². The van der Waals surface area contributed by atoms with Gasteiger partial charge < -0.3 is 20.5 Å². The summed E-state index contributed by atoms with van der Waals surface area (Å²) in [6, 6.07) is 12.0. The average Bonchev–Trinajstić information content (AvgIpc) is 3.20. The summed E-state index contributed by atoms with van der Waals surface area (Å²) in [6.07, 6.45) is 0. The predicted octanol–water partition coefficient (Wildman–Crippen LogP) is 3.50. The molecule has 0 radical (unpaired) electrons. The highest BCUT2D eigenvalue weighted by atomic mass is 32.1. The number of hydrogen-bond acceptors (Lipinski definition) is 4. The molecule has 0 aliphatic carbocycles. The van der Waals surface area contributed by atoms with Crippen molar-refractivity contribution in [3.63, 3.8) is 0 Å². The van der Waals surface area contributed by atoms with Crippen LogP contribution in [0.25, 0.3) is 0 Å². The highest BCUT2D eigenvalue weighted by Gasteiger charge is 2.25. The topological polar surface area (TPSA) is 65.9 Å². The summed E-state index contributed by atoms with van der Waals surface area (Å²) >= 11 is 1.55. The van der Waals surface area contributed by atoms with Crippen LogP contribution in [0.15, 0.2) is 46.8 Å². The van der Waals surface area contributed by atoms with Crippen molar-refractivity contribution in [2.24, 2.45) is 4.99 Å². The van der Waals surface area contributed by atoms with Crippen molar-refractivity contribution in [2.75, 3.05) is 26.7 Å². The van der Waals surface area contributed by atoms with E-state index in [2.05, 4.69) is 36.6 Å². The molecule has 3 N–H and O–H groups in total. The molecule has 1 aromatic carbocycles. The molecule has 148 valence electrons. The number of nitrogens with one attached hydrogen (secondary N) is 2. The van der Waals surface area contributed by atoms with Crippen LogP contribution >= 0.6 is 11.3 Å². The van der Waals surface area contributed by atoms with Crippen LogP contribution in [-0.2, 0) is 11.0 Å². The van der Waals surface area contributed by atoms with Crippen molar-refractivity contribution < 1.29 is 9.84 Å². The zero-order chi connectivity index (χ0) is 19.9. The number of methoxy groups -OCH3 is 1. The maximum atomic E-state index is 10.7. The molecule has 0 amide bonds. The molecule has 1 unspecified atom stereocenters. The molecule has 6 heteroatoms. The number of rotatable bonds is 8. The number of thiophene rings is 1. The van der Waals surface area contributed by atoms with Crippen molar-refractivity contribution in [3.05, 3.63) is 52.2 Å². The summed E-state index contributed by atoms with van der Waals surface area (Å²) in [7, 11) is 1.67. The van der Waals surface area contributed by atoms with Gasteiger partial charge in [0.25, 0.3) is 0 Å². The number of aliphatic hydroxyl groups is 1. The molecule has 0 aliphatic heterocycles. The Morgan fingerprint density at radius 1 is 1.15 bits per heavy atom. The second kappa shape index (κ2) is 9.24. The summed E-state index contributed by atoms with van der Waals surface area (Å²) in [5, 5.41) is 19.2. The molecule has 0 spiro atoms. The van der Waals surface area contributed by atoms with Crippen LogP contribution in [0.4, 0.5) is 0 Å². The SMILES string of the molecule is CCNC(=NCC(C)(C)c1ccc(OC)cc1)NCC(C)(O)c1cccs1. The average molecular weight is 390 g/mol. The first-order valence-electron chi connectivity index (χ1n) is 9.21. The summed E-state index contributed by atoms with van der Waals surface area (Å²) in [5.74, 6) is 1.56. The monoisotopic (exact) mass is 389 g/mol. The van der Waals surface area contributed by atoms with E-state index in [1.165, 1.54) is 5.56 Å². The van der Waals surface area contributed by atoms with Gasteiger partial charge in [-0.25, -0.2) is 0 Å². The first kappa shape index (κ1) is 21.3. The summed E-state index contributed by atoms with van der Waals surface area (Å²) in [6.45, 7) is 9.96. The number of aliphatic imine (C=N–C) groups is 1. The Balaban J connectivity index is 2.04. The number of nitrogens with zero attached hydrogens (tertiary/aromatic N) is 1. The number of benzene rings is 1. The summed E-state index contributed by atoms with van der Waals surface area (Å²) in [4.78, 5) is 5.68. The van der Waals surface area contributed by atoms with E-state index in [0.717, 1.165) is 17.2 Å². The number of hydrogen-bond donors (Lipinski definition) is 3. The number of ether oxygens (including phenoxy) is 1. The van der Waals surface area contributed by atoms with Crippen molar-refractivity contribution in [3.8, 4) is 5.75 Å². The third-order valence-corrected chi connectivity index (χ3v) is 5.62. The molecule has 0 aliphatic rings. The first-order chi connectivity index (χ1) is 12.8. The second-order valence-electron chi connectivity index (χ2n) is 7.41. The van der Waals surface area contributed by atoms with Crippen molar-refractivity contribution >= 4 is 17.3 Å². The fourth-order valence-electron chi connectivity index (χ4n) is 2.68. The Bertz CT molecular complexity index is 722.